The van der Waals surface area contributed by atoms with Gasteiger partial charge in [0.05, 0.1) is 5.69 Å². The van der Waals surface area contributed by atoms with Crippen molar-refractivity contribution in [2.45, 2.75) is 51.6 Å². The van der Waals surface area contributed by atoms with Gasteiger partial charge in [-0.05, 0) is 66.8 Å². The number of nitrogens with one attached hydrogen (secondary N) is 2. The maximum absolute atomic E-state index is 11.1. The molecule has 1 aromatic heterocycles. The molecule has 1 fully saturated rings. The third kappa shape index (κ3) is 3.85. The topological polar surface area (TPSA) is 84.7 Å². The van der Waals surface area contributed by atoms with E-state index in [-0.39, 0.29) is 5.91 Å². The number of anilines is 1. The highest BCUT2D eigenvalue weighted by Gasteiger charge is 2.21. The lowest BCUT2D eigenvalue weighted by molar-refractivity contribution is -0.119. The number of aryl methyl sites for hydroxylation is 1. The average molecular weight is 314 g/mol. The zero-order valence-electron chi connectivity index (χ0n) is 13.5. The lowest BCUT2D eigenvalue weighted by atomic mass is 9.91. The van der Waals surface area contributed by atoms with Gasteiger partial charge in [-0.1, -0.05) is 0 Å². The molecule has 1 aromatic carbocycles. The molecular weight excluding hydrogens is 292 g/mol. The van der Waals surface area contributed by atoms with Crippen molar-refractivity contribution in [3.8, 4) is 5.69 Å². The molecule has 3 rings (SSSR count). The van der Waals surface area contributed by atoms with Crippen LogP contribution in [0.3, 0.4) is 0 Å². The van der Waals surface area contributed by atoms with Gasteiger partial charge in [0.25, 0.3) is 0 Å². The molecule has 2 aromatic rings. The van der Waals surface area contributed by atoms with Gasteiger partial charge in [-0.15, -0.1) is 5.10 Å². The second kappa shape index (κ2) is 6.76. The fourth-order valence-electron chi connectivity index (χ4n) is 3.18. The van der Waals surface area contributed by atoms with Crippen LogP contribution < -0.4 is 10.6 Å². The quantitative estimate of drug-likeness (QED) is 0.899. The van der Waals surface area contributed by atoms with Gasteiger partial charge in [-0.2, -0.15) is 0 Å². The van der Waals surface area contributed by atoms with Crippen molar-refractivity contribution in [2.75, 3.05) is 5.32 Å². The first-order chi connectivity index (χ1) is 11.1. The SMILES string of the molecule is CC(=O)NC1CCC(Nc2ccc(-n3cnnn3)c(C)c2)CC1. The Bertz CT molecular complexity index is 661. The van der Waals surface area contributed by atoms with Crippen molar-refractivity contribution in [1.82, 2.24) is 25.5 Å². The van der Waals surface area contributed by atoms with Crippen molar-refractivity contribution < 1.29 is 4.79 Å². The van der Waals surface area contributed by atoms with E-state index in [1.54, 1.807) is 17.9 Å². The predicted octanol–water partition coefficient (Wildman–Crippen LogP) is 1.83. The van der Waals surface area contributed by atoms with E-state index in [4.69, 9.17) is 0 Å². The molecule has 1 aliphatic carbocycles. The Balaban J connectivity index is 1.59. The second-order valence-corrected chi connectivity index (χ2v) is 6.15. The first kappa shape index (κ1) is 15.5. The molecule has 23 heavy (non-hydrogen) atoms. The summed E-state index contributed by atoms with van der Waals surface area (Å²) in [5.74, 6) is 0.0650. The number of hydrogen-bond donors (Lipinski definition) is 2. The summed E-state index contributed by atoms with van der Waals surface area (Å²) in [4.78, 5) is 11.1. The fourth-order valence-corrected chi connectivity index (χ4v) is 3.18. The van der Waals surface area contributed by atoms with E-state index in [0.717, 1.165) is 42.6 Å². The minimum atomic E-state index is 0.0650. The van der Waals surface area contributed by atoms with E-state index in [1.165, 1.54) is 0 Å². The predicted molar refractivity (Wildman–Crippen MR) is 87.4 cm³/mol. The molecule has 0 spiro atoms. The average Bonchev–Trinajstić information content (AvgIpc) is 3.03. The van der Waals surface area contributed by atoms with E-state index >= 15 is 0 Å². The van der Waals surface area contributed by atoms with Crippen LogP contribution in [0.2, 0.25) is 0 Å². The minimum Gasteiger partial charge on any atom is -0.382 e. The van der Waals surface area contributed by atoms with Crippen molar-refractivity contribution in [1.29, 1.82) is 0 Å². The smallest absolute Gasteiger partial charge is 0.217 e. The third-order valence-electron chi connectivity index (χ3n) is 4.30. The zero-order chi connectivity index (χ0) is 16.2. The van der Waals surface area contributed by atoms with Gasteiger partial charge in [-0.3, -0.25) is 4.79 Å². The number of carbonyl (C=O) groups excluding carboxylic acids is 1. The molecule has 122 valence electrons. The molecule has 1 amide bonds. The highest BCUT2D eigenvalue weighted by atomic mass is 16.1. The van der Waals surface area contributed by atoms with Crippen molar-refractivity contribution in [2.24, 2.45) is 0 Å². The van der Waals surface area contributed by atoms with Crippen LogP contribution in [-0.2, 0) is 4.79 Å². The van der Waals surface area contributed by atoms with Gasteiger partial charge < -0.3 is 10.6 Å². The molecular formula is C16H22N6O. The summed E-state index contributed by atoms with van der Waals surface area (Å²) < 4.78 is 1.66. The molecule has 1 heterocycles. The number of tetrazole rings is 1. The van der Waals surface area contributed by atoms with Gasteiger partial charge in [-0.25, -0.2) is 4.68 Å². The first-order valence-corrected chi connectivity index (χ1v) is 7.99. The van der Waals surface area contributed by atoms with Crippen molar-refractivity contribution in [3.63, 3.8) is 0 Å². The summed E-state index contributed by atoms with van der Waals surface area (Å²) in [6, 6.07) is 6.99. The van der Waals surface area contributed by atoms with Crippen LogP contribution in [0.25, 0.3) is 5.69 Å². The largest absolute Gasteiger partial charge is 0.382 e. The molecule has 0 saturated heterocycles. The monoisotopic (exact) mass is 314 g/mol. The Hall–Kier alpha value is -2.44. The number of rotatable bonds is 4. The molecule has 1 saturated carbocycles. The van der Waals surface area contributed by atoms with Crippen LogP contribution in [0.4, 0.5) is 5.69 Å². The van der Waals surface area contributed by atoms with Crippen molar-refractivity contribution >= 4 is 11.6 Å². The summed E-state index contributed by atoms with van der Waals surface area (Å²) in [5.41, 5.74) is 3.21. The normalized spacial score (nSPS) is 21.0. The highest BCUT2D eigenvalue weighted by molar-refractivity contribution is 5.73. The van der Waals surface area contributed by atoms with E-state index < -0.39 is 0 Å². The third-order valence-corrected chi connectivity index (χ3v) is 4.30. The van der Waals surface area contributed by atoms with Crippen LogP contribution in [0.1, 0.15) is 38.2 Å². The molecule has 0 unspecified atom stereocenters. The first-order valence-electron chi connectivity index (χ1n) is 7.99. The van der Waals surface area contributed by atoms with Crippen LogP contribution in [0.15, 0.2) is 24.5 Å². The number of hydrogen-bond acceptors (Lipinski definition) is 5. The molecule has 7 nitrogen and oxygen atoms in total. The van der Waals surface area contributed by atoms with Crippen LogP contribution in [0, 0.1) is 6.92 Å². The van der Waals surface area contributed by atoms with Gasteiger partial charge in [0, 0.05) is 24.7 Å². The van der Waals surface area contributed by atoms with Crippen LogP contribution >= 0.6 is 0 Å². The Morgan fingerprint density at radius 1 is 1.22 bits per heavy atom. The second-order valence-electron chi connectivity index (χ2n) is 6.15. The van der Waals surface area contributed by atoms with Crippen molar-refractivity contribution in [3.05, 3.63) is 30.1 Å². The van der Waals surface area contributed by atoms with Gasteiger partial charge in [0.1, 0.15) is 6.33 Å². The number of nitrogens with zero attached hydrogens (tertiary/aromatic N) is 4. The maximum Gasteiger partial charge on any atom is 0.217 e. The number of carbonyl (C=O) groups is 1. The van der Waals surface area contributed by atoms with E-state index in [2.05, 4.69) is 45.2 Å². The van der Waals surface area contributed by atoms with Crippen LogP contribution in [-0.4, -0.2) is 38.2 Å². The van der Waals surface area contributed by atoms with Gasteiger partial charge >= 0.3 is 0 Å². The number of benzene rings is 1. The molecule has 0 radical (unpaired) electrons. The standard InChI is InChI=1S/C16H22N6O/c1-11-9-15(7-8-16(11)22-10-17-20-21-22)19-14-5-3-13(4-6-14)18-12(2)23/h7-10,13-14,19H,3-6H2,1-2H3,(H,18,23). The van der Waals surface area contributed by atoms with E-state index in [9.17, 15) is 4.79 Å². The van der Waals surface area contributed by atoms with E-state index in [1.807, 2.05) is 6.07 Å². The Morgan fingerprint density at radius 3 is 2.57 bits per heavy atom. The highest BCUT2D eigenvalue weighted by Crippen LogP contribution is 2.24. The summed E-state index contributed by atoms with van der Waals surface area (Å²) in [5, 5.41) is 17.9. The Morgan fingerprint density at radius 2 is 1.96 bits per heavy atom. The zero-order valence-corrected chi connectivity index (χ0v) is 13.5. The van der Waals surface area contributed by atoms with E-state index in [0.29, 0.717) is 12.1 Å². The molecule has 1 aliphatic rings. The molecule has 0 atom stereocenters. The van der Waals surface area contributed by atoms with Gasteiger partial charge in [0.2, 0.25) is 5.91 Å². The summed E-state index contributed by atoms with van der Waals surface area (Å²) in [6.07, 6.45) is 5.79. The van der Waals surface area contributed by atoms with Gasteiger partial charge in [0.15, 0.2) is 0 Å². The summed E-state index contributed by atoms with van der Waals surface area (Å²) in [6.45, 7) is 3.63. The Labute approximate surface area is 135 Å². The lowest BCUT2D eigenvalue weighted by Gasteiger charge is -2.30. The molecule has 2 N–H and O–H groups in total. The number of amides is 1. The molecule has 0 bridgehead atoms. The lowest BCUT2D eigenvalue weighted by Crippen LogP contribution is -2.39. The maximum atomic E-state index is 11.1. The minimum absolute atomic E-state index is 0.0650. The Kier molecular flexibility index (Phi) is 4.55. The summed E-state index contributed by atoms with van der Waals surface area (Å²) in [7, 11) is 0. The summed E-state index contributed by atoms with van der Waals surface area (Å²) >= 11 is 0. The fraction of sp³-hybridized carbons (Fsp3) is 0.500. The molecule has 7 heteroatoms. The van der Waals surface area contributed by atoms with Crippen LogP contribution in [0.5, 0.6) is 0 Å². The molecule has 0 aliphatic heterocycles. The number of aromatic nitrogens is 4.